The standard InChI is InChI=1S/C12H27N3O2S/c1-10(2)9-14-18(16,17)15-12(8-13)11-6-4-3-5-7-11/h10-12,14-15H,3-9,13H2,1-2H3. The first-order chi connectivity index (χ1) is 8.44. The minimum atomic E-state index is -3.42. The minimum Gasteiger partial charge on any atom is -0.329 e. The largest absolute Gasteiger partial charge is 0.329 e. The van der Waals surface area contributed by atoms with Crippen molar-refractivity contribution in [2.24, 2.45) is 17.6 Å². The van der Waals surface area contributed by atoms with Crippen molar-refractivity contribution < 1.29 is 8.42 Å². The summed E-state index contributed by atoms with van der Waals surface area (Å²) in [6.45, 7) is 4.78. The van der Waals surface area contributed by atoms with Gasteiger partial charge in [-0.1, -0.05) is 33.1 Å². The van der Waals surface area contributed by atoms with E-state index in [-0.39, 0.29) is 6.04 Å². The van der Waals surface area contributed by atoms with Gasteiger partial charge in [-0.2, -0.15) is 13.1 Å². The van der Waals surface area contributed by atoms with E-state index in [1.165, 1.54) is 19.3 Å². The minimum absolute atomic E-state index is 0.130. The molecule has 1 aliphatic rings. The number of rotatable bonds is 7. The van der Waals surface area contributed by atoms with Gasteiger partial charge >= 0.3 is 0 Å². The van der Waals surface area contributed by atoms with Crippen LogP contribution in [0.4, 0.5) is 0 Å². The van der Waals surface area contributed by atoms with Crippen molar-refractivity contribution in [3.05, 3.63) is 0 Å². The maximum absolute atomic E-state index is 11.9. The summed E-state index contributed by atoms with van der Waals surface area (Å²) in [4.78, 5) is 0. The van der Waals surface area contributed by atoms with Gasteiger partial charge in [0.1, 0.15) is 0 Å². The van der Waals surface area contributed by atoms with E-state index in [1.807, 2.05) is 13.8 Å². The molecule has 0 spiro atoms. The van der Waals surface area contributed by atoms with E-state index in [0.717, 1.165) is 12.8 Å². The molecule has 1 aliphatic carbocycles. The zero-order valence-electron chi connectivity index (χ0n) is 11.5. The molecule has 6 heteroatoms. The van der Waals surface area contributed by atoms with Gasteiger partial charge in [0.05, 0.1) is 0 Å². The molecule has 0 aromatic rings. The summed E-state index contributed by atoms with van der Waals surface area (Å²) < 4.78 is 29.0. The molecule has 1 rings (SSSR count). The molecule has 1 fully saturated rings. The molecular formula is C12H27N3O2S. The average Bonchev–Trinajstić information content (AvgIpc) is 2.35. The third-order valence-corrected chi connectivity index (χ3v) is 4.62. The maximum atomic E-state index is 11.9. The van der Waals surface area contributed by atoms with Gasteiger partial charge in [-0.05, 0) is 24.7 Å². The molecule has 0 heterocycles. The zero-order valence-corrected chi connectivity index (χ0v) is 12.3. The van der Waals surface area contributed by atoms with Crippen molar-refractivity contribution in [3.8, 4) is 0 Å². The lowest BCUT2D eigenvalue weighted by Gasteiger charge is -2.29. The van der Waals surface area contributed by atoms with Crippen LogP contribution in [0.1, 0.15) is 46.0 Å². The van der Waals surface area contributed by atoms with E-state index in [9.17, 15) is 8.42 Å². The normalized spacial score (nSPS) is 20.2. The van der Waals surface area contributed by atoms with Crippen LogP contribution in [-0.2, 0) is 10.2 Å². The first kappa shape index (κ1) is 15.9. The molecule has 0 saturated heterocycles. The molecule has 0 radical (unpaired) electrons. The molecule has 5 nitrogen and oxygen atoms in total. The summed E-state index contributed by atoms with van der Waals surface area (Å²) in [6, 6.07) is -0.130. The lowest BCUT2D eigenvalue weighted by molar-refractivity contribution is 0.293. The fourth-order valence-corrected chi connectivity index (χ4v) is 3.71. The van der Waals surface area contributed by atoms with Crippen molar-refractivity contribution >= 4 is 10.2 Å². The van der Waals surface area contributed by atoms with Crippen LogP contribution < -0.4 is 15.2 Å². The van der Waals surface area contributed by atoms with Crippen LogP contribution in [0, 0.1) is 11.8 Å². The fraction of sp³-hybridized carbons (Fsp3) is 1.00. The summed E-state index contributed by atoms with van der Waals surface area (Å²) in [6.07, 6.45) is 5.78. The number of hydrogen-bond donors (Lipinski definition) is 3. The van der Waals surface area contributed by atoms with Crippen molar-refractivity contribution in [2.75, 3.05) is 13.1 Å². The highest BCUT2D eigenvalue weighted by Crippen LogP contribution is 2.26. The van der Waals surface area contributed by atoms with Crippen molar-refractivity contribution in [3.63, 3.8) is 0 Å². The van der Waals surface area contributed by atoms with E-state index in [2.05, 4.69) is 9.44 Å². The molecular weight excluding hydrogens is 250 g/mol. The van der Waals surface area contributed by atoms with Gasteiger partial charge in [-0.15, -0.1) is 0 Å². The second kappa shape index (κ2) is 7.43. The summed E-state index contributed by atoms with van der Waals surface area (Å²) >= 11 is 0. The first-order valence-corrected chi connectivity index (χ1v) is 8.40. The van der Waals surface area contributed by atoms with Gasteiger partial charge in [-0.3, -0.25) is 0 Å². The molecule has 1 atom stereocenters. The Bertz CT molecular complexity index is 324. The molecule has 108 valence electrons. The zero-order chi connectivity index (χ0) is 13.6. The molecule has 0 amide bonds. The average molecular weight is 277 g/mol. The van der Waals surface area contributed by atoms with Crippen LogP contribution in [-0.4, -0.2) is 27.5 Å². The molecule has 0 aromatic carbocycles. The predicted molar refractivity (Wildman–Crippen MR) is 74.3 cm³/mol. The molecule has 0 aromatic heterocycles. The molecule has 18 heavy (non-hydrogen) atoms. The quantitative estimate of drug-likeness (QED) is 0.648. The number of hydrogen-bond acceptors (Lipinski definition) is 3. The summed E-state index contributed by atoms with van der Waals surface area (Å²) in [5.74, 6) is 0.687. The van der Waals surface area contributed by atoms with Crippen LogP contribution in [0.25, 0.3) is 0 Å². The fourth-order valence-electron chi connectivity index (χ4n) is 2.39. The van der Waals surface area contributed by atoms with Crippen molar-refractivity contribution in [1.82, 2.24) is 9.44 Å². The monoisotopic (exact) mass is 277 g/mol. The van der Waals surface area contributed by atoms with Gasteiger partial charge in [-0.25, -0.2) is 4.72 Å². The Hall–Kier alpha value is -0.170. The van der Waals surface area contributed by atoms with Crippen molar-refractivity contribution in [2.45, 2.75) is 52.0 Å². The van der Waals surface area contributed by atoms with Crippen molar-refractivity contribution in [1.29, 1.82) is 0 Å². The lowest BCUT2D eigenvalue weighted by Crippen LogP contribution is -2.50. The van der Waals surface area contributed by atoms with Crippen LogP contribution in [0.15, 0.2) is 0 Å². The highest BCUT2D eigenvalue weighted by atomic mass is 32.2. The molecule has 0 aliphatic heterocycles. The van der Waals surface area contributed by atoms with E-state index >= 15 is 0 Å². The Morgan fingerprint density at radius 2 is 1.83 bits per heavy atom. The molecule has 0 bridgehead atoms. The second-order valence-corrected chi connectivity index (χ2v) is 7.14. The Kier molecular flexibility index (Phi) is 6.55. The van der Waals surface area contributed by atoms with Gasteiger partial charge < -0.3 is 5.73 Å². The van der Waals surface area contributed by atoms with Crippen LogP contribution in [0.5, 0.6) is 0 Å². The van der Waals surface area contributed by atoms with E-state index < -0.39 is 10.2 Å². The van der Waals surface area contributed by atoms with Crippen LogP contribution >= 0.6 is 0 Å². The third kappa shape index (κ3) is 5.65. The molecule has 4 N–H and O–H groups in total. The highest BCUT2D eigenvalue weighted by molar-refractivity contribution is 7.87. The van der Waals surface area contributed by atoms with E-state index in [1.54, 1.807) is 0 Å². The Morgan fingerprint density at radius 3 is 2.33 bits per heavy atom. The number of nitrogens with one attached hydrogen (secondary N) is 2. The van der Waals surface area contributed by atoms with Gasteiger partial charge in [0, 0.05) is 19.1 Å². The number of nitrogens with two attached hydrogens (primary N) is 1. The van der Waals surface area contributed by atoms with E-state index in [0.29, 0.717) is 24.9 Å². The molecule has 1 unspecified atom stereocenters. The SMILES string of the molecule is CC(C)CNS(=O)(=O)NC(CN)C1CCCCC1. The third-order valence-electron chi connectivity index (χ3n) is 3.46. The Morgan fingerprint density at radius 1 is 1.22 bits per heavy atom. The topological polar surface area (TPSA) is 84.2 Å². The Balaban J connectivity index is 2.50. The van der Waals surface area contributed by atoms with Gasteiger partial charge in [0.15, 0.2) is 0 Å². The van der Waals surface area contributed by atoms with Gasteiger partial charge in [0.25, 0.3) is 10.2 Å². The van der Waals surface area contributed by atoms with E-state index in [4.69, 9.17) is 5.73 Å². The summed E-state index contributed by atoms with van der Waals surface area (Å²) in [5, 5.41) is 0. The smallest absolute Gasteiger partial charge is 0.277 e. The van der Waals surface area contributed by atoms with Gasteiger partial charge in [0.2, 0.25) is 0 Å². The second-order valence-electron chi connectivity index (χ2n) is 5.60. The molecule has 1 saturated carbocycles. The van der Waals surface area contributed by atoms with Crippen LogP contribution in [0.3, 0.4) is 0 Å². The summed E-state index contributed by atoms with van der Waals surface area (Å²) in [7, 11) is -3.42. The lowest BCUT2D eigenvalue weighted by atomic mass is 9.84. The first-order valence-electron chi connectivity index (χ1n) is 6.91. The highest BCUT2D eigenvalue weighted by Gasteiger charge is 2.26. The van der Waals surface area contributed by atoms with Crippen LogP contribution in [0.2, 0.25) is 0 Å². The predicted octanol–water partition coefficient (Wildman–Crippen LogP) is 0.974. The summed E-state index contributed by atoms with van der Waals surface area (Å²) in [5.41, 5.74) is 5.71. The maximum Gasteiger partial charge on any atom is 0.277 e. The Labute approximate surface area is 111 Å².